The van der Waals surface area contributed by atoms with Gasteiger partial charge in [0.1, 0.15) is 9.39 Å². The van der Waals surface area contributed by atoms with Gasteiger partial charge in [-0.15, -0.1) is 0 Å². The molecular weight excluding hydrogens is 319 g/mol. The molecule has 0 unspecified atom stereocenters. The van der Waals surface area contributed by atoms with Crippen LogP contribution >= 0.6 is 22.6 Å². The van der Waals surface area contributed by atoms with Gasteiger partial charge in [-0.05, 0) is 50.5 Å². The third kappa shape index (κ3) is 3.18. The Balaban J connectivity index is 2.76. The number of aromatic nitrogens is 2. The molecule has 1 rings (SSSR count). The number of nitrogens with one attached hydrogen (secondary N) is 2. The van der Waals surface area contributed by atoms with Gasteiger partial charge in [0.15, 0.2) is 0 Å². The SMILES string of the molecule is CN(C)C(C)(C)CNc1nc[nH]c(=O)c1I. The molecule has 1 aromatic heterocycles. The van der Waals surface area contributed by atoms with Crippen LogP contribution in [-0.2, 0) is 0 Å². The smallest absolute Gasteiger partial charge is 0.266 e. The summed E-state index contributed by atoms with van der Waals surface area (Å²) in [5, 5.41) is 3.20. The minimum atomic E-state index is -0.110. The second kappa shape index (κ2) is 5.13. The van der Waals surface area contributed by atoms with Gasteiger partial charge in [0.2, 0.25) is 0 Å². The maximum Gasteiger partial charge on any atom is 0.266 e. The molecule has 1 aromatic rings. The number of halogens is 1. The van der Waals surface area contributed by atoms with E-state index in [0.29, 0.717) is 9.39 Å². The Labute approximate surface area is 109 Å². The van der Waals surface area contributed by atoms with Crippen molar-refractivity contribution in [2.75, 3.05) is 26.0 Å². The van der Waals surface area contributed by atoms with E-state index in [0.717, 1.165) is 6.54 Å². The van der Waals surface area contributed by atoms with E-state index in [1.807, 2.05) is 36.7 Å². The van der Waals surface area contributed by atoms with Crippen molar-refractivity contribution < 1.29 is 0 Å². The number of H-pyrrole nitrogens is 1. The Hall–Kier alpha value is -0.630. The first-order chi connectivity index (χ1) is 7.34. The second-order valence-electron chi connectivity index (χ2n) is 4.45. The maximum atomic E-state index is 11.3. The summed E-state index contributed by atoms with van der Waals surface area (Å²) in [5.41, 5.74) is -0.103. The zero-order chi connectivity index (χ0) is 12.3. The minimum absolute atomic E-state index is 0.00730. The van der Waals surface area contributed by atoms with E-state index in [9.17, 15) is 4.79 Å². The molecule has 0 saturated heterocycles. The van der Waals surface area contributed by atoms with Crippen molar-refractivity contribution in [3.05, 3.63) is 20.3 Å². The summed E-state index contributed by atoms with van der Waals surface area (Å²) in [6.07, 6.45) is 1.41. The molecule has 0 spiro atoms. The first kappa shape index (κ1) is 13.4. The van der Waals surface area contributed by atoms with Crippen LogP contribution in [0.2, 0.25) is 0 Å². The van der Waals surface area contributed by atoms with Gasteiger partial charge in [0.05, 0.1) is 6.33 Å². The predicted octanol–water partition coefficient (Wildman–Crippen LogP) is 1.13. The molecule has 0 bridgehead atoms. The van der Waals surface area contributed by atoms with Crippen LogP contribution in [0.5, 0.6) is 0 Å². The van der Waals surface area contributed by atoms with Gasteiger partial charge >= 0.3 is 0 Å². The fourth-order valence-corrected chi connectivity index (χ4v) is 1.45. The van der Waals surface area contributed by atoms with Crippen LogP contribution < -0.4 is 10.9 Å². The van der Waals surface area contributed by atoms with E-state index in [1.54, 1.807) is 0 Å². The Bertz CT molecular complexity index is 414. The highest BCUT2D eigenvalue weighted by Gasteiger charge is 2.20. The molecule has 0 aliphatic heterocycles. The number of rotatable bonds is 4. The molecular formula is C10H17IN4O. The molecule has 0 fully saturated rings. The number of anilines is 1. The van der Waals surface area contributed by atoms with Crippen LogP contribution in [0.15, 0.2) is 11.1 Å². The van der Waals surface area contributed by atoms with Crippen molar-refractivity contribution in [1.29, 1.82) is 0 Å². The fraction of sp³-hybridized carbons (Fsp3) is 0.600. The van der Waals surface area contributed by atoms with Crippen molar-refractivity contribution >= 4 is 28.4 Å². The molecule has 16 heavy (non-hydrogen) atoms. The normalized spacial score (nSPS) is 11.9. The van der Waals surface area contributed by atoms with Crippen LogP contribution in [0.25, 0.3) is 0 Å². The first-order valence-corrected chi connectivity index (χ1v) is 6.07. The van der Waals surface area contributed by atoms with Gasteiger partial charge in [-0.2, -0.15) is 0 Å². The molecule has 0 radical (unpaired) electrons. The Morgan fingerprint density at radius 1 is 1.56 bits per heavy atom. The lowest BCUT2D eigenvalue weighted by molar-refractivity contribution is 0.210. The summed E-state index contributed by atoms with van der Waals surface area (Å²) < 4.78 is 0.592. The van der Waals surface area contributed by atoms with Crippen LogP contribution in [0, 0.1) is 3.57 Å². The highest BCUT2D eigenvalue weighted by Crippen LogP contribution is 2.13. The lowest BCUT2D eigenvalue weighted by atomic mass is 10.0. The zero-order valence-corrected chi connectivity index (χ0v) is 12.1. The standard InChI is InChI=1S/C10H17IN4O/c1-10(2,15(3)4)5-12-8-7(11)9(16)14-6-13-8/h6H,5H2,1-4H3,(H2,12,13,14,16). The number of aromatic amines is 1. The Kier molecular flexibility index (Phi) is 4.31. The number of likely N-dealkylation sites (N-methyl/N-ethyl adjacent to an activating group) is 1. The van der Waals surface area contributed by atoms with Gasteiger partial charge in [0, 0.05) is 12.1 Å². The molecule has 0 amide bonds. The zero-order valence-electron chi connectivity index (χ0n) is 9.97. The summed E-state index contributed by atoms with van der Waals surface area (Å²) in [6.45, 7) is 4.98. The summed E-state index contributed by atoms with van der Waals surface area (Å²) in [4.78, 5) is 20.1. The van der Waals surface area contributed by atoms with Crippen LogP contribution in [0.1, 0.15) is 13.8 Å². The van der Waals surface area contributed by atoms with E-state index in [1.165, 1.54) is 6.33 Å². The van der Waals surface area contributed by atoms with E-state index in [4.69, 9.17) is 0 Å². The monoisotopic (exact) mass is 336 g/mol. The van der Waals surface area contributed by atoms with E-state index in [2.05, 4.69) is 34.0 Å². The van der Waals surface area contributed by atoms with Crippen molar-refractivity contribution in [2.45, 2.75) is 19.4 Å². The molecule has 2 N–H and O–H groups in total. The largest absolute Gasteiger partial charge is 0.367 e. The predicted molar refractivity (Wildman–Crippen MR) is 73.8 cm³/mol. The van der Waals surface area contributed by atoms with Crippen molar-refractivity contribution in [1.82, 2.24) is 14.9 Å². The molecule has 0 aliphatic carbocycles. The van der Waals surface area contributed by atoms with Crippen LogP contribution in [0.4, 0.5) is 5.82 Å². The highest BCUT2D eigenvalue weighted by atomic mass is 127. The highest BCUT2D eigenvalue weighted by molar-refractivity contribution is 14.1. The maximum absolute atomic E-state index is 11.3. The Morgan fingerprint density at radius 3 is 2.75 bits per heavy atom. The van der Waals surface area contributed by atoms with Crippen molar-refractivity contribution in [2.24, 2.45) is 0 Å². The number of nitrogens with zero attached hydrogens (tertiary/aromatic N) is 2. The topological polar surface area (TPSA) is 61.0 Å². The molecule has 1 heterocycles. The third-order valence-electron chi connectivity index (χ3n) is 2.70. The first-order valence-electron chi connectivity index (χ1n) is 4.99. The van der Waals surface area contributed by atoms with E-state index >= 15 is 0 Å². The molecule has 6 heteroatoms. The quantitative estimate of drug-likeness (QED) is 0.810. The molecule has 0 aliphatic rings. The molecule has 0 saturated carbocycles. The average molecular weight is 336 g/mol. The van der Waals surface area contributed by atoms with Crippen LogP contribution in [0.3, 0.4) is 0 Å². The van der Waals surface area contributed by atoms with Gasteiger partial charge in [-0.25, -0.2) is 4.98 Å². The lowest BCUT2D eigenvalue weighted by Crippen LogP contribution is -2.44. The third-order valence-corrected chi connectivity index (χ3v) is 3.70. The van der Waals surface area contributed by atoms with Gasteiger partial charge < -0.3 is 15.2 Å². The number of hydrogen-bond donors (Lipinski definition) is 2. The summed E-state index contributed by atoms with van der Waals surface area (Å²) in [5.74, 6) is 0.638. The van der Waals surface area contributed by atoms with Crippen molar-refractivity contribution in [3.63, 3.8) is 0 Å². The van der Waals surface area contributed by atoms with Gasteiger partial charge in [-0.3, -0.25) is 4.79 Å². The van der Waals surface area contributed by atoms with Crippen molar-refractivity contribution in [3.8, 4) is 0 Å². The average Bonchev–Trinajstić information content (AvgIpc) is 2.20. The van der Waals surface area contributed by atoms with E-state index in [-0.39, 0.29) is 11.1 Å². The Morgan fingerprint density at radius 2 is 2.19 bits per heavy atom. The lowest BCUT2D eigenvalue weighted by Gasteiger charge is -2.32. The van der Waals surface area contributed by atoms with Crippen LogP contribution in [-0.4, -0.2) is 41.0 Å². The summed E-state index contributed by atoms with van der Waals surface area (Å²) >= 11 is 1.99. The van der Waals surface area contributed by atoms with Gasteiger partial charge in [0.25, 0.3) is 5.56 Å². The number of hydrogen-bond acceptors (Lipinski definition) is 4. The van der Waals surface area contributed by atoms with Gasteiger partial charge in [-0.1, -0.05) is 0 Å². The fourth-order valence-electron chi connectivity index (χ4n) is 0.964. The summed E-state index contributed by atoms with van der Waals surface area (Å²) in [6, 6.07) is 0. The van der Waals surface area contributed by atoms with E-state index < -0.39 is 0 Å². The summed E-state index contributed by atoms with van der Waals surface area (Å²) in [7, 11) is 4.05. The molecule has 0 atom stereocenters. The molecule has 0 aromatic carbocycles. The molecule has 90 valence electrons. The molecule has 5 nitrogen and oxygen atoms in total. The second-order valence-corrected chi connectivity index (χ2v) is 5.53. The minimum Gasteiger partial charge on any atom is -0.367 e.